The van der Waals surface area contributed by atoms with E-state index in [1.165, 1.54) is 0 Å². The normalized spacial score (nSPS) is 11.7. The quantitative estimate of drug-likeness (QED) is 0.441. The van der Waals surface area contributed by atoms with Crippen LogP contribution in [-0.2, 0) is 26.2 Å². The van der Waals surface area contributed by atoms with Crippen LogP contribution in [0.4, 0.5) is 0 Å². The van der Waals surface area contributed by atoms with Crippen molar-refractivity contribution in [2.45, 2.75) is 52.9 Å². The van der Waals surface area contributed by atoms with Gasteiger partial charge < -0.3 is 24.2 Å². The molecule has 0 spiro atoms. The second-order valence-corrected chi connectivity index (χ2v) is 7.86. The summed E-state index contributed by atoms with van der Waals surface area (Å²) in [4.78, 5) is 41.5. The van der Waals surface area contributed by atoms with Gasteiger partial charge in [-0.3, -0.25) is 9.59 Å². The molecule has 0 aliphatic heterocycles. The number of carboxylic acids is 1. The summed E-state index contributed by atoms with van der Waals surface area (Å²) < 4.78 is 10.4. The third kappa shape index (κ3) is 6.56. The van der Waals surface area contributed by atoms with Gasteiger partial charge in [0.1, 0.15) is 5.75 Å². The summed E-state index contributed by atoms with van der Waals surface area (Å²) in [5, 5.41) is 9.23. The van der Waals surface area contributed by atoms with Crippen molar-refractivity contribution in [3.05, 3.63) is 28.8 Å². The molecule has 0 aliphatic carbocycles. The van der Waals surface area contributed by atoms with Crippen LogP contribution in [0, 0.1) is 12.8 Å². The van der Waals surface area contributed by atoms with E-state index < -0.39 is 20.0 Å². The molecule has 0 aromatic heterocycles. The predicted octanol–water partition coefficient (Wildman–Crippen LogP) is 3.08. The zero-order valence-corrected chi connectivity index (χ0v) is 16.7. The lowest BCUT2D eigenvalue weighted by molar-refractivity contribution is -0.147. The van der Waals surface area contributed by atoms with Crippen molar-refractivity contribution in [3.63, 3.8) is 0 Å². The minimum Gasteiger partial charge on any atom is -0.481 e. The molecule has 26 heavy (non-hydrogen) atoms. The maximum Gasteiger partial charge on any atom is 0.391 e. The first-order valence-corrected chi connectivity index (χ1v) is 9.49. The van der Waals surface area contributed by atoms with Crippen molar-refractivity contribution in [3.8, 4) is 5.75 Å². The van der Waals surface area contributed by atoms with Gasteiger partial charge in [0.05, 0.1) is 18.9 Å². The van der Waals surface area contributed by atoms with Crippen LogP contribution < -0.4 is 4.52 Å². The van der Waals surface area contributed by atoms with Crippen LogP contribution in [0.15, 0.2) is 12.1 Å². The maximum absolute atomic E-state index is 11.6. The Bertz CT molecular complexity index is 653. The van der Waals surface area contributed by atoms with Crippen LogP contribution in [0.3, 0.4) is 0 Å². The first-order valence-electron chi connectivity index (χ1n) is 8.32. The molecule has 0 unspecified atom stereocenters. The highest BCUT2D eigenvalue weighted by Gasteiger charge is 2.30. The fourth-order valence-corrected chi connectivity index (χ4v) is 3.07. The Morgan fingerprint density at radius 2 is 1.85 bits per heavy atom. The van der Waals surface area contributed by atoms with Gasteiger partial charge in [0, 0.05) is 5.56 Å². The van der Waals surface area contributed by atoms with E-state index in [-0.39, 0.29) is 30.7 Å². The van der Waals surface area contributed by atoms with Crippen LogP contribution in [0.2, 0.25) is 0 Å². The lowest BCUT2D eigenvalue weighted by Gasteiger charge is -2.30. The molecule has 0 saturated carbocycles. The van der Waals surface area contributed by atoms with Gasteiger partial charge in [-0.05, 0) is 36.0 Å². The number of aliphatic carboxylic acids is 1. The SMILES string of the molecule is Cc1cc(CC(=O)O)c(C(C)(C)CCOC(=O)C(C)C)c(OP(O)O)c1. The second-order valence-electron chi connectivity index (χ2n) is 7.17. The highest BCUT2D eigenvalue weighted by Crippen LogP contribution is 2.42. The van der Waals surface area contributed by atoms with E-state index in [1.54, 1.807) is 32.9 Å². The monoisotopic (exact) mass is 386 g/mol. The number of aryl methyl sites for hydroxylation is 1. The van der Waals surface area contributed by atoms with E-state index in [2.05, 4.69) is 0 Å². The molecule has 8 heteroatoms. The van der Waals surface area contributed by atoms with Crippen LogP contribution in [-0.4, -0.2) is 33.4 Å². The van der Waals surface area contributed by atoms with E-state index in [9.17, 15) is 24.5 Å². The Labute approximate surface area is 155 Å². The summed E-state index contributed by atoms with van der Waals surface area (Å²) in [6.45, 7) is 9.17. The topological polar surface area (TPSA) is 113 Å². The Kier molecular flexibility index (Phi) is 8.00. The number of hydrogen-bond donors (Lipinski definition) is 3. The van der Waals surface area contributed by atoms with Gasteiger partial charge in [-0.25, -0.2) is 0 Å². The number of carboxylic acid groups (broad SMARTS) is 1. The number of carbonyl (C=O) groups excluding carboxylic acids is 1. The lowest BCUT2D eigenvalue weighted by Crippen LogP contribution is -2.25. The number of hydrogen-bond acceptors (Lipinski definition) is 6. The number of rotatable bonds is 9. The molecule has 0 bridgehead atoms. The van der Waals surface area contributed by atoms with Crippen molar-refractivity contribution in [1.82, 2.24) is 0 Å². The van der Waals surface area contributed by atoms with Gasteiger partial charge in [0.2, 0.25) is 0 Å². The number of esters is 1. The molecule has 1 aromatic carbocycles. The van der Waals surface area contributed by atoms with Gasteiger partial charge in [0.25, 0.3) is 0 Å². The molecular formula is C18H27O7P. The third-order valence-electron chi connectivity index (χ3n) is 3.97. The first kappa shape index (κ1) is 22.4. The Morgan fingerprint density at radius 1 is 1.23 bits per heavy atom. The fraction of sp³-hybridized carbons (Fsp3) is 0.556. The summed E-state index contributed by atoms with van der Waals surface area (Å²) in [5.74, 6) is -1.30. The van der Waals surface area contributed by atoms with Crippen molar-refractivity contribution in [2.75, 3.05) is 6.61 Å². The van der Waals surface area contributed by atoms with Crippen molar-refractivity contribution in [1.29, 1.82) is 0 Å². The van der Waals surface area contributed by atoms with Crippen molar-refractivity contribution in [2.24, 2.45) is 5.92 Å². The molecule has 7 nitrogen and oxygen atoms in total. The molecule has 0 atom stereocenters. The average molecular weight is 386 g/mol. The van der Waals surface area contributed by atoms with E-state index >= 15 is 0 Å². The molecule has 1 rings (SSSR count). The minimum atomic E-state index is -2.65. The largest absolute Gasteiger partial charge is 0.481 e. The van der Waals surface area contributed by atoms with E-state index in [1.807, 2.05) is 13.8 Å². The summed E-state index contributed by atoms with van der Waals surface area (Å²) in [7, 11) is -2.65. The third-order valence-corrected chi connectivity index (χ3v) is 4.33. The molecule has 0 fully saturated rings. The summed E-state index contributed by atoms with van der Waals surface area (Å²) in [5.41, 5.74) is 1.24. The zero-order valence-electron chi connectivity index (χ0n) is 15.8. The molecule has 146 valence electrons. The lowest BCUT2D eigenvalue weighted by atomic mass is 9.77. The fourth-order valence-electron chi connectivity index (χ4n) is 2.75. The van der Waals surface area contributed by atoms with Gasteiger partial charge in [0.15, 0.2) is 0 Å². The number of carbonyl (C=O) groups is 2. The van der Waals surface area contributed by atoms with Gasteiger partial charge in [-0.2, -0.15) is 0 Å². The van der Waals surface area contributed by atoms with Gasteiger partial charge >= 0.3 is 20.5 Å². The molecule has 0 heterocycles. The first-order chi connectivity index (χ1) is 11.9. The second kappa shape index (κ2) is 9.31. The summed E-state index contributed by atoms with van der Waals surface area (Å²) in [6, 6.07) is 3.39. The van der Waals surface area contributed by atoms with Crippen LogP contribution >= 0.6 is 8.60 Å². The molecular weight excluding hydrogens is 359 g/mol. The van der Waals surface area contributed by atoms with E-state index in [0.29, 0.717) is 17.5 Å². The smallest absolute Gasteiger partial charge is 0.391 e. The molecule has 0 amide bonds. The Balaban J connectivity index is 3.22. The maximum atomic E-state index is 11.6. The van der Waals surface area contributed by atoms with Crippen LogP contribution in [0.1, 0.15) is 50.8 Å². The predicted molar refractivity (Wildman–Crippen MR) is 97.9 cm³/mol. The summed E-state index contributed by atoms with van der Waals surface area (Å²) in [6.07, 6.45) is 0.198. The molecule has 1 aromatic rings. The molecule has 0 aliphatic rings. The molecule has 0 radical (unpaired) electrons. The molecule has 3 N–H and O–H groups in total. The van der Waals surface area contributed by atoms with Crippen molar-refractivity contribution < 1.29 is 33.7 Å². The number of ether oxygens (including phenoxy) is 1. The highest BCUT2D eigenvalue weighted by molar-refractivity contribution is 7.39. The van der Waals surface area contributed by atoms with Gasteiger partial charge in [-0.15, -0.1) is 0 Å². The van der Waals surface area contributed by atoms with Gasteiger partial charge in [-0.1, -0.05) is 33.8 Å². The Hall–Kier alpha value is -1.69. The average Bonchev–Trinajstić information content (AvgIpc) is 2.44. The van der Waals surface area contributed by atoms with E-state index in [4.69, 9.17) is 9.26 Å². The standard InChI is InChI=1S/C18H27O7P/c1-11(2)17(21)24-7-6-18(4,5)16-13(10-15(19)20)8-12(3)9-14(16)25-26(22)23/h8-9,11,22-23H,6-7,10H2,1-5H3,(H,19,20). The molecule has 0 saturated heterocycles. The van der Waals surface area contributed by atoms with Crippen LogP contribution in [0.25, 0.3) is 0 Å². The zero-order chi connectivity index (χ0) is 20.1. The van der Waals surface area contributed by atoms with Crippen molar-refractivity contribution >= 4 is 20.5 Å². The Morgan fingerprint density at radius 3 is 2.35 bits per heavy atom. The van der Waals surface area contributed by atoms with Crippen LogP contribution in [0.5, 0.6) is 5.75 Å². The number of benzene rings is 1. The van der Waals surface area contributed by atoms with E-state index in [0.717, 1.165) is 5.56 Å². The highest BCUT2D eigenvalue weighted by atomic mass is 31.2. The summed E-state index contributed by atoms with van der Waals surface area (Å²) >= 11 is 0. The minimum absolute atomic E-state index is 0.164.